The van der Waals surface area contributed by atoms with Crippen molar-refractivity contribution in [2.75, 3.05) is 20.1 Å². The van der Waals surface area contributed by atoms with Gasteiger partial charge in [0.1, 0.15) is 0 Å². The van der Waals surface area contributed by atoms with E-state index in [1.54, 1.807) is 15.7 Å². The van der Waals surface area contributed by atoms with Gasteiger partial charge in [-0.1, -0.05) is 40.0 Å². The first-order chi connectivity index (χ1) is 10.2. The fraction of sp³-hybridized carbons (Fsp3) is 1.00. The van der Waals surface area contributed by atoms with Crippen LogP contribution in [-0.4, -0.2) is 43.2 Å². The van der Waals surface area contributed by atoms with Gasteiger partial charge in [0.05, 0.1) is 0 Å². The largest absolute Gasteiger partial charge is 0.281 e. The van der Waals surface area contributed by atoms with Crippen LogP contribution in [-0.2, 0) is 10.2 Å². The normalized spacial score (nSPS) is 27.0. The van der Waals surface area contributed by atoms with Gasteiger partial charge in [0.25, 0.3) is 10.2 Å². The van der Waals surface area contributed by atoms with E-state index in [-0.39, 0.29) is 11.5 Å². The van der Waals surface area contributed by atoms with E-state index in [0.29, 0.717) is 19.0 Å². The van der Waals surface area contributed by atoms with E-state index in [1.165, 1.54) is 6.42 Å². The standard InChI is InChI=1S/C17H34N2O2S/c1-17(2,3)15-9-8-13-19(14-12-15)22(20,21)18(4)16-10-6-5-7-11-16/h15-16H,5-14H2,1-4H3/t15-/m0/s1. The maximum atomic E-state index is 12.9. The molecule has 0 amide bonds. The van der Waals surface area contributed by atoms with Crippen molar-refractivity contribution < 1.29 is 8.42 Å². The van der Waals surface area contributed by atoms with Crippen molar-refractivity contribution in [3.8, 4) is 0 Å². The molecule has 2 fully saturated rings. The molecule has 1 atom stereocenters. The lowest BCUT2D eigenvalue weighted by molar-refractivity contribution is 0.215. The van der Waals surface area contributed by atoms with Crippen LogP contribution in [0.4, 0.5) is 0 Å². The van der Waals surface area contributed by atoms with Crippen LogP contribution in [0.1, 0.15) is 72.1 Å². The zero-order valence-corrected chi connectivity index (χ0v) is 15.7. The summed E-state index contributed by atoms with van der Waals surface area (Å²) in [6, 6.07) is 0.209. The van der Waals surface area contributed by atoms with Crippen LogP contribution in [0.15, 0.2) is 0 Å². The maximum Gasteiger partial charge on any atom is 0.281 e. The van der Waals surface area contributed by atoms with Gasteiger partial charge < -0.3 is 0 Å². The third-order valence-electron chi connectivity index (χ3n) is 5.69. The maximum absolute atomic E-state index is 12.9. The van der Waals surface area contributed by atoms with E-state index in [1.807, 2.05) is 0 Å². The van der Waals surface area contributed by atoms with Gasteiger partial charge in [-0.25, -0.2) is 0 Å². The lowest BCUT2D eigenvalue weighted by Crippen LogP contribution is -2.47. The molecule has 4 nitrogen and oxygen atoms in total. The minimum atomic E-state index is -3.29. The van der Waals surface area contributed by atoms with Crippen LogP contribution in [0.25, 0.3) is 0 Å². The molecule has 5 heteroatoms. The molecule has 1 aliphatic carbocycles. The molecule has 0 aromatic rings. The molecule has 0 bridgehead atoms. The topological polar surface area (TPSA) is 40.6 Å². The molecule has 1 saturated carbocycles. The van der Waals surface area contributed by atoms with Gasteiger partial charge >= 0.3 is 0 Å². The molecule has 0 N–H and O–H groups in total. The van der Waals surface area contributed by atoms with Crippen molar-refractivity contribution in [2.24, 2.45) is 11.3 Å². The molecule has 1 aliphatic heterocycles. The first-order valence-electron chi connectivity index (χ1n) is 8.96. The van der Waals surface area contributed by atoms with Gasteiger partial charge in [0.2, 0.25) is 0 Å². The number of nitrogens with zero attached hydrogens (tertiary/aromatic N) is 2. The van der Waals surface area contributed by atoms with E-state index >= 15 is 0 Å². The molecule has 0 aromatic heterocycles. The predicted molar refractivity (Wildman–Crippen MR) is 91.9 cm³/mol. The molecule has 2 aliphatic rings. The summed E-state index contributed by atoms with van der Waals surface area (Å²) in [5.74, 6) is 0.618. The first kappa shape index (κ1) is 18.2. The number of rotatable bonds is 3. The molecule has 2 rings (SSSR count). The zero-order chi connectivity index (χ0) is 16.4. The number of hydrogen-bond acceptors (Lipinski definition) is 2. The van der Waals surface area contributed by atoms with Gasteiger partial charge in [-0.05, 0) is 43.4 Å². The van der Waals surface area contributed by atoms with E-state index in [2.05, 4.69) is 20.8 Å². The Morgan fingerprint density at radius 2 is 1.55 bits per heavy atom. The summed E-state index contributed by atoms with van der Waals surface area (Å²) in [6.07, 6.45) is 8.74. The summed E-state index contributed by atoms with van der Waals surface area (Å²) in [4.78, 5) is 0. The van der Waals surface area contributed by atoms with Gasteiger partial charge in [-0.15, -0.1) is 0 Å². The summed E-state index contributed by atoms with van der Waals surface area (Å²) in [6.45, 7) is 8.19. The van der Waals surface area contributed by atoms with E-state index in [4.69, 9.17) is 0 Å². The fourth-order valence-corrected chi connectivity index (χ4v) is 5.63. The zero-order valence-electron chi connectivity index (χ0n) is 14.8. The highest BCUT2D eigenvalue weighted by atomic mass is 32.2. The third kappa shape index (κ3) is 4.24. The number of hydrogen-bond donors (Lipinski definition) is 0. The quantitative estimate of drug-likeness (QED) is 0.792. The van der Waals surface area contributed by atoms with Gasteiger partial charge in [0.15, 0.2) is 0 Å². The highest BCUT2D eigenvalue weighted by Crippen LogP contribution is 2.35. The summed E-state index contributed by atoms with van der Waals surface area (Å²) < 4.78 is 29.3. The van der Waals surface area contributed by atoms with Crippen LogP contribution in [0, 0.1) is 11.3 Å². The average Bonchev–Trinajstić information content (AvgIpc) is 2.73. The fourth-order valence-electron chi connectivity index (χ4n) is 3.98. The minimum Gasteiger partial charge on any atom is -0.195 e. The minimum absolute atomic E-state index is 0.209. The van der Waals surface area contributed by atoms with Crippen molar-refractivity contribution in [2.45, 2.75) is 78.2 Å². The van der Waals surface area contributed by atoms with Crippen molar-refractivity contribution in [3.63, 3.8) is 0 Å². The highest BCUT2D eigenvalue weighted by molar-refractivity contribution is 7.86. The molecule has 0 spiro atoms. The van der Waals surface area contributed by atoms with Crippen LogP contribution in [0.5, 0.6) is 0 Å². The summed E-state index contributed by atoms with van der Waals surface area (Å²) in [5.41, 5.74) is 0.273. The Morgan fingerprint density at radius 3 is 2.14 bits per heavy atom. The Balaban J connectivity index is 2.02. The molecule has 0 unspecified atom stereocenters. The lowest BCUT2D eigenvalue weighted by Gasteiger charge is -2.34. The Kier molecular flexibility index (Phi) is 5.95. The first-order valence-corrected chi connectivity index (χ1v) is 10.4. The Labute approximate surface area is 137 Å². The second-order valence-electron chi connectivity index (χ2n) is 8.21. The van der Waals surface area contributed by atoms with Crippen molar-refractivity contribution in [3.05, 3.63) is 0 Å². The van der Waals surface area contributed by atoms with E-state index in [9.17, 15) is 8.42 Å². The van der Waals surface area contributed by atoms with Crippen LogP contribution >= 0.6 is 0 Å². The van der Waals surface area contributed by atoms with Crippen LogP contribution < -0.4 is 0 Å². The van der Waals surface area contributed by atoms with Crippen molar-refractivity contribution in [1.29, 1.82) is 0 Å². The molecular weight excluding hydrogens is 296 g/mol. The molecular formula is C17H34N2O2S. The highest BCUT2D eigenvalue weighted by Gasteiger charge is 2.35. The summed E-state index contributed by atoms with van der Waals surface area (Å²) in [5, 5.41) is 0. The smallest absolute Gasteiger partial charge is 0.195 e. The van der Waals surface area contributed by atoms with Gasteiger partial charge in [-0.2, -0.15) is 17.0 Å². The van der Waals surface area contributed by atoms with E-state index < -0.39 is 10.2 Å². The lowest BCUT2D eigenvalue weighted by atomic mass is 9.77. The second-order valence-corrected chi connectivity index (χ2v) is 10.2. The molecule has 0 aromatic carbocycles. The molecule has 1 saturated heterocycles. The molecule has 0 radical (unpaired) electrons. The Hall–Kier alpha value is -0.130. The second kappa shape index (κ2) is 7.18. The van der Waals surface area contributed by atoms with Crippen LogP contribution in [0.3, 0.4) is 0 Å². The summed E-state index contributed by atoms with van der Waals surface area (Å²) in [7, 11) is -1.50. The van der Waals surface area contributed by atoms with Gasteiger partial charge in [0, 0.05) is 26.2 Å². The Morgan fingerprint density at radius 1 is 0.909 bits per heavy atom. The summed E-state index contributed by atoms with van der Waals surface area (Å²) >= 11 is 0. The molecule has 130 valence electrons. The van der Waals surface area contributed by atoms with Crippen LogP contribution in [0.2, 0.25) is 0 Å². The Bertz CT molecular complexity index is 450. The van der Waals surface area contributed by atoms with Crippen molar-refractivity contribution >= 4 is 10.2 Å². The average molecular weight is 331 g/mol. The van der Waals surface area contributed by atoms with Gasteiger partial charge in [-0.3, -0.25) is 0 Å². The van der Waals surface area contributed by atoms with E-state index in [0.717, 1.165) is 44.9 Å². The monoisotopic (exact) mass is 330 g/mol. The predicted octanol–water partition coefficient (Wildman–Crippen LogP) is 3.64. The SMILES string of the molecule is CN(C1CCCCC1)S(=O)(=O)N1CCC[C@H](C(C)(C)C)CC1. The molecule has 22 heavy (non-hydrogen) atoms. The third-order valence-corrected chi connectivity index (χ3v) is 7.73. The molecule has 1 heterocycles. The van der Waals surface area contributed by atoms with Crippen molar-refractivity contribution in [1.82, 2.24) is 8.61 Å².